The molecule has 0 aliphatic heterocycles. The summed E-state index contributed by atoms with van der Waals surface area (Å²) in [4.78, 5) is 29.9. The zero-order valence-electron chi connectivity index (χ0n) is 10.6. The molecule has 2 aromatic rings. The molecule has 0 fully saturated rings. The molecule has 21 heavy (non-hydrogen) atoms. The van der Waals surface area contributed by atoms with Crippen molar-refractivity contribution in [3.63, 3.8) is 0 Å². The summed E-state index contributed by atoms with van der Waals surface area (Å²) in [5, 5.41) is 11.1. The van der Waals surface area contributed by atoms with E-state index in [0.29, 0.717) is 0 Å². The average molecular weight is 308 g/mol. The Bertz CT molecular complexity index is 664. The maximum absolute atomic E-state index is 11.6. The van der Waals surface area contributed by atoms with Crippen LogP contribution in [0.4, 0.5) is 10.6 Å². The van der Waals surface area contributed by atoms with E-state index in [1.807, 2.05) is 18.2 Å². The van der Waals surface area contributed by atoms with Gasteiger partial charge in [-0.15, -0.1) is 0 Å². The van der Waals surface area contributed by atoms with E-state index >= 15 is 0 Å². The van der Waals surface area contributed by atoms with Crippen LogP contribution in [0.1, 0.15) is 16.1 Å². The molecular formula is C13H10ClN3O4. The van der Waals surface area contributed by atoms with Crippen molar-refractivity contribution in [3.8, 4) is 0 Å². The van der Waals surface area contributed by atoms with Gasteiger partial charge in [-0.05, 0) is 5.56 Å². The number of nitrogens with one attached hydrogen (secondary N) is 1. The van der Waals surface area contributed by atoms with E-state index in [0.717, 1.165) is 11.8 Å². The Labute approximate surface area is 124 Å². The lowest BCUT2D eigenvalue weighted by molar-refractivity contribution is 0.0691. The van der Waals surface area contributed by atoms with Crippen LogP contribution >= 0.6 is 11.6 Å². The van der Waals surface area contributed by atoms with Gasteiger partial charge in [0.05, 0.1) is 6.20 Å². The van der Waals surface area contributed by atoms with Crippen LogP contribution in [-0.4, -0.2) is 27.1 Å². The van der Waals surface area contributed by atoms with Gasteiger partial charge in [0.2, 0.25) is 0 Å². The van der Waals surface area contributed by atoms with Crippen molar-refractivity contribution in [1.82, 2.24) is 9.97 Å². The fourth-order valence-electron chi connectivity index (χ4n) is 1.46. The standard InChI is InChI=1S/C13H10ClN3O4/c14-9-6-15-11(10(16-9)12(18)19)17-13(20)21-7-8-4-2-1-3-5-8/h1-6H,7H2,(H,18,19)(H,15,17,20). The lowest BCUT2D eigenvalue weighted by Gasteiger charge is -2.08. The number of hydrogen-bond donors (Lipinski definition) is 2. The Morgan fingerprint density at radius 2 is 2.00 bits per heavy atom. The van der Waals surface area contributed by atoms with Crippen molar-refractivity contribution in [2.45, 2.75) is 6.61 Å². The minimum atomic E-state index is -1.36. The number of hydrogen-bond acceptors (Lipinski definition) is 5. The number of aromatic carboxylic acids is 1. The van der Waals surface area contributed by atoms with Gasteiger partial charge >= 0.3 is 12.1 Å². The van der Waals surface area contributed by atoms with E-state index in [1.54, 1.807) is 12.1 Å². The van der Waals surface area contributed by atoms with Crippen molar-refractivity contribution in [2.24, 2.45) is 0 Å². The summed E-state index contributed by atoms with van der Waals surface area (Å²) in [6.07, 6.45) is 0.291. The molecule has 2 N–H and O–H groups in total. The number of anilines is 1. The smallest absolute Gasteiger partial charge is 0.413 e. The summed E-state index contributed by atoms with van der Waals surface area (Å²) in [5.41, 5.74) is 0.340. The monoisotopic (exact) mass is 307 g/mol. The molecule has 0 spiro atoms. The first kappa shape index (κ1) is 14.7. The van der Waals surface area contributed by atoms with Crippen LogP contribution in [0.3, 0.4) is 0 Å². The van der Waals surface area contributed by atoms with Gasteiger partial charge in [0, 0.05) is 0 Å². The molecule has 1 aromatic carbocycles. The number of aromatic nitrogens is 2. The van der Waals surface area contributed by atoms with Gasteiger partial charge in [-0.1, -0.05) is 41.9 Å². The lowest BCUT2D eigenvalue weighted by atomic mass is 10.2. The predicted molar refractivity (Wildman–Crippen MR) is 74.3 cm³/mol. The number of ether oxygens (including phenoxy) is 1. The van der Waals surface area contributed by atoms with Gasteiger partial charge in [0.1, 0.15) is 11.8 Å². The zero-order valence-corrected chi connectivity index (χ0v) is 11.4. The minimum Gasteiger partial charge on any atom is -0.476 e. The average Bonchev–Trinajstić information content (AvgIpc) is 2.48. The number of amides is 1. The van der Waals surface area contributed by atoms with E-state index in [-0.39, 0.29) is 17.6 Å². The zero-order chi connectivity index (χ0) is 15.2. The van der Waals surface area contributed by atoms with E-state index < -0.39 is 17.8 Å². The normalized spacial score (nSPS) is 9.95. The summed E-state index contributed by atoms with van der Waals surface area (Å²) < 4.78 is 4.95. The first-order valence-corrected chi connectivity index (χ1v) is 6.17. The van der Waals surface area contributed by atoms with Gasteiger partial charge in [0.15, 0.2) is 11.5 Å². The Kier molecular flexibility index (Phi) is 4.68. The Morgan fingerprint density at radius 1 is 1.29 bits per heavy atom. The third-order valence-electron chi connectivity index (χ3n) is 2.38. The predicted octanol–water partition coefficient (Wildman–Crippen LogP) is 2.58. The number of carboxylic acid groups (broad SMARTS) is 1. The minimum absolute atomic E-state index is 0.0517. The molecule has 1 heterocycles. The molecule has 2 rings (SSSR count). The summed E-state index contributed by atoms with van der Waals surface area (Å²) >= 11 is 5.56. The fraction of sp³-hybridized carbons (Fsp3) is 0.0769. The largest absolute Gasteiger partial charge is 0.476 e. The van der Waals surface area contributed by atoms with Crippen molar-refractivity contribution in [3.05, 3.63) is 52.9 Å². The van der Waals surface area contributed by atoms with Crippen LogP contribution in [0, 0.1) is 0 Å². The molecule has 7 nitrogen and oxygen atoms in total. The first-order chi connectivity index (χ1) is 10.1. The summed E-state index contributed by atoms with van der Waals surface area (Å²) in [6.45, 7) is 0.0517. The molecule has 0 unspecified atom stereocenters. The highest BCUT2D eigenvalue weighted by Gasteiger charge is 2.17. The Balaban J connectivity index is 2.01. The lowest BCUT2D eigenvalue weighted by Crippen LogP contribution is -2.18. The second-order valence-electron chi connectivity index (χ2n) is 3.88. The van der Waals surface area contributed by atoms with Gasteiger partial charge in [-0.25, -0.2) is 19.6 Å². The molecule has 108 valence electrons. The summed E-state index contributed by atoms with van der Waals surface area (Å²) in [5.74, 6) is -1.59. The number of carbonyl (C=O) groups excluding carboxylic acids is 1. The molecule has 0 aliphatic carbocycles. The number of carbonyl (C=O) groups is 2. The van der Waals surface area contributed by atoms with Crippen LogP contribution in [0.2, 0.25) is 5.15 Å². The highest BCUT2D eigenvalue weighted by molar-refractivity contribution is 6.29. The van der Waals surface area contributed by atoms with Crippen molar-refractivity contribution in [2.75, 3.05) is 5.32 Å². The molecule has 0 saturated carbocycles. The van der Waals surface area contributed by atoms with E-state index in [2.05, 4.69) is 15.3 Å². The molecule has 0 saturated heterocycles. The second-order valence-corrected chi connectivity index (χ2v) is 4.27. The first-order valence-electron chi connectivity index (χ1n) is 5.80. The van der Waals surface area contributed by atoms with Gasteiger partial charge in [-0.2, -0.15) is 0 Å². The van der Waals surface area contributed by atoms with Crippen molar-refractivity contribution in [1.29, 1.82) is 0 Å². The molecule has 0 bridgehead atoms. The third kappa shape index (κ3) is 4.15. The van der Waals surface area contributed by atoms with Gasteiger partial charge in [0.25, 0.3) is 0 Å². The van der Waals surface area contributed by atoms with E-state index in [1.165, 1.54) is 0 Å². The number of halogens is 1. The van der Waals surface area contributed by atoms with Crippen LogP contribution in [0.5, 0.6) is 0 Å². The fourth-order valence-corrected chi connectivity index (χ4v) is 1.60. The van der Waals surface area contributed by atoms with Crippen LogP contribution in [0.15, 0.2) is 36.5 Å². The quantitative estimate of drug-likeness (QED) is 0.900. The molecule has 1 aromatic heterocycles. The molecule has 0 aliphatic rings. The maximum Gasteiger partial charge on any atom is 0.413 e. The van der Waals surface area contributed by atoms with Gasteiger partial charge in [-0.3, -0.25) is 5.32 Å². The molecule has 0 atom stereocenters. The maximum atomic E-state index is 11.6. The van der Waals surface area contributed by atoms with E-state index in [4.69, 9.17) is 21.4 Å². The van der Waals surface area contributed by atoms with Crippen LogP contribution in [-0.2, 0) is 11.3 Å². The molecule has 0 radical (unpaired) electrons. The van der Waals surface area contributed by atoms with Crippen LogP contribution in [0.25, 0.3) is 0 Å². The highest BCUT2D eigenvalue weighted by Crippen LogP contribution is 2.13. The Morgan fingerprint density at radius 3 is 2.67 bits per heavy atom. The Hall–Kier alpha value is -2.67. The summed E-state index contributed by atoms with van der Waals surface area (Å²) in [7, 11) is 0. The highest BCUT2D eigenvalue weighted by atomic mass is 35.5. The molecular weight excluding hydrogens is 298 g/mol. The van der Waals surface area contributed by atoms with E-state index in [9.17, 15) is 9.59 Å². The molecule has 1 amide bonds. The van der Waals surface area contributed by atoms with Crippen molar-refractivity contribution < 1.29 is 19.4 Å². The number of benzene rings is 1. The van der Waals surface area contributed by atoms with Crippen LogP contribution < -0.4 is 5.32 Å². The number of nitrogens with zero attached hydrogens (tertiary/aromatic N) is 2. The third-order valence-corrected chi connectivity index (χ3v) is 2.56. The van der Waals surface area contributed by atoms with Crippen molar-refractivity contribution >= 4 is 29.5 Å². The molecule has 8 heteroatoms. The second kappa shape index (κ2) is 6.67. The number of carboxylic acids is 1. The van der Waals surface area contributed by atoms with Gasteiger partial charge < -0.3 is 9.84 Å². The topological polar surface area (TPSA) is 101 Å². The summed E-state index contributed by atoms with van der Waals surface area (Å²) in [6, 6.07) is 9.04. The SMILES string of the molecule is O=C(Nc1ncc(Cl)nc1C(=O)O)OCc1ccccc1. The number of rotatable bonds is 4.